The van der Waals surface area contributed by atoms with Crippen molar-refractivity contribution in [1.29, 1.82) is 0 Å². The molecule has 1 aliphatic heterocycles. The van der Waals surface area contributed by atoms with Crippen molar-refractivity contribution in [1.82, 2.24) is 24.1 Å². The van der Waals surface area contributed by atoms with Crippen LogP contribution in [0.5, 0.6) is 0 Å². The summed E-state index contributed by atoms with van der Waals surface area (Å²) in [5.41, 5.74) is 0.664. The maximum absolute atomic E-state index is 13.1. The molecule has 1 N–H and O–H groups in total. The molecule has 1 fully saturated rings. The summed E-state index contributed by atoms with van der Waals surface area (Å²) in [4.78, 5) is 41.8. The Morgan fingerprint density at radius 1 is 1.06 bits per heavy atom. The first-order valence-corrected chi connectivity index (χ1v) is 10.3. The van der Waals surface area contributed by atoms with Gasteiger partial charge in [0, 0.05) is 19.8 Å². The predicted octanol–water partition coefficient (Wildman–Crippen LogP) is 1.37. The number of nitrogens with zero attached hydrogens (tertiary/aromatic N) is 6. The summed E-state index contributed by atoms with van der Waals surface area (Å²) >= 11 is 0. The molecule has 1 atom stereocenters. The van der Waals surface area contributed by atoms with Gasteiger partial charge in [0.05, 0.1) is 35.5 Å². The summed E-state index contributed by atoms with van der Waals surface area (Å²) in [7, 11) is 1.70. The van der Waals surface area contributed by atoms with Crippen LogP contribution in [0.4, 0.5) is 5.95 Å². The molecular weight excluding hydrogens is 396 g/mol. The van der Waals surface area contributed by atoms with E-state index in [9.17, 15) is 14.7 Å². The van der Waals surface area contributed by atoms with E-state index in [0.29, 0.717) is 40.3 Å². The van der Waals surface area contributed by atoms with E-state index in [1.54, 1.807) is 42.1 Å². The molecule has 1 aliphatic rings. The van der Waals surface area contributed by atoms with Crippen molar-refractivity contribution in [3.8, 4) is 0 Å². The van der Waals surface area contributed by atoms with E-state index in [1.165, 1.54) is 4.57 Å². The molecule has 1 saturated heterocycles. The van der Waals surface area contributed by atoms with Crippen LogP contribution in [-0.4, -0.2) is 42.3 Å². The Balaban J connectivity index is 1.70. The second-order valence-corrected chi connectivity index (χ2v) is 7.67. The largest absolute Gasteiger partial charge is 0.395 e. The summed E-state index contributed by atoms with van der Waals surface area (Å²) in [6, 6.07) is 10.4. The highest BCUT2D eigenvalue weighted by Crippen LogP contribution is 2.34. The Bertz CT molecular complexity index is 1410. The lowest BCUT2D eigenvalue weighted by atomic mass is 10.1. The number of benzene rings is 1. The molecule has 1 aromatic carbocycles. The molecule has 9 heteroatoms. The van der Waals surface area contributed by atoms with Gasteiger partial charge in [0.2, 0.25) is 5.95 Å². The third kappa shape index (κ3) is 3.09. The van der Waals surface area contributed by atoms with Crippen molar-refractivity contribution in [2.24, 2.45) is 7.05 Å². The molecule has 0 amide bonds. The predicted molar refractivity (Wildman–Crippen MR) is 117 cm³/mol. The zero-order valence-electron chi connectivity index (χ0n) is 17.1. The van der Waals surface area contributed by atoms with Crippen LogP contribution < -0.4 is 16.0 Å². The van der Waals surface area contributed by atoms with Gasteiger partial charge in [-0.2, -0.15) is 4.98 Å². The quantitative estimate of drug-likeness (QED) is 0.534. The number of para-hydroxylation sites is 1. The lowest BCUT2D eigenvalue weighted by Gasteiger charge is -2.28. The number of aromatic nitrogens is 5. The fraction of sp³-hybridized carbons (Fsp3) is 0.318. The maximum atomic E-state index is 13.1. The second-order valence-electron chi connectivity index (χ2n) is 7.67. The molecule has 158 valence electrons. The van der Waals surface area contributed by atoms with Crippen molar-refractivity contribution in [2.75, 3.05) is 18.1 Å². The number of pyridine rings is 1. The number of hydrogen-bond donors (Lipinski definition) is 1. The van der Waals surface area contributed by atoms with Crippen molar-refractivity contribution in [2.45, 2.75) is 25.4 Å². The lowest BCUT2D eigenvalue weighted by molar-refractivity contribution is 0.270. The summed E-state index contributed by atoms with van der Waals surface area (Å²) in [5.74, 6) is 1.07. The van der Waals surface area contributed by atoms with Crippen LogP contribution in [0.25, 0.3) is 21.9 Å². The normalized spacial score (nSPS) is 16.5. The zero-order valence-corrected chi connectivity index (χ0v) is 17.1. The number of fused-ring (bicyclic) bond motifs is 2. The van der Waals surface area contributed by atoms with Crippen molar-refractivity contribution in [3.63, 3.8) is 0 Å². The van der Waals surface area contributed by atoms with Crippen LogP contribution in [0.3, 0.4) is 0 Å². The highest BCUT2D eigenvalue weighted by molar-refractivity contribution is 5.77. The van der Waals surface area contributed by atoms with Gasteiger partial charge in [-0.15, -0.1) is 0 Å². The van der Waals surface area contributed by atoms with Gasteiger partial charge in [-0.1, -0.05) is 12.1 Å². The van der Waals surface area contributed by atoms with E-state index in [0.717, 1.165) is 12.8 Å². The zero-order chi connectivity index (χ0) is 21.5. The van der Waals surface area contributed by atoms with Gasteiger partial charge < -0.3 is 10.0 Å². The summed E-state index contributed by atoms with van der Waals surface area (Å²) in [6.07, 6.45) is 3.23. The van der Waals surface area contributed by atoms with Gasteiger partial charge in [-0.05, 0) is 37.1 Å². The molecule has 4 heterocycles. The molecule has 0 bridgehead atoms. The average molecular weight is 418 g/mol. The van der Waals surface area contributed by atoms with Crippen LogP contribution in [-0.2, 0) is 13.6 Å². The standard InChI is InChI=1S/C22H22N6O3/c1-26-20(30)15-7-4-10-23-18(15)25-22(26)27-11-5-9-17(27)19-24-16-8-3-2-6-14(16)21(31)28(19)12-13-29/h2-4,6-8,10,17,29H,5,9,11-13H2,1H3. The second kappa shape index (κ2) is 7.59. The molecule has 0 aliphatic carbocycles. The Labute approximate surface area is 177 Å². The number of anilines is 1. The minimum Gasteiger partial charge on any atom is -0.395 e. The summed E-state index contributed by atoms with van der Waals surface area (Å²) in [5, 5.41) is 10.6. The molecule has 1 unspecified atom stereocenters. The smallest absolute Gasteiger partial charge is 0.264 e. The van der Waals surface area contributed by atoms with Crippen molar-refractivity contribution < 1.29 is 5.11 Å². The van der Waals surface area contributed by atoms with E-state index in [1.807, 2.05) is 17.0 Å². The molecular formula is C22H22N6O3. The van der Waals surface area contributed by atoms with E-state index in [2.05, 4.69) is 9.97 Å². The molecule has 4 aromatic rings. The number of aliphatic hydroxyl groups is 1. The van der Waals surface area contributed by atoms with Crippen LogP contribution in [0.1, 0.15) is 24.7 Å². The maximum Gasteiger partial charge on any atom is 0.264 e. The van der Waals surface area contributed by atoms with Crippen LogP contribution >= 0.6 is 0 Å². The Kier molecular flexibility index (Phi) is 4.74. The molecule has 31 heavy (non-hydrogen) atoms. The van der Waals surface area contributed by atoms with Crippen LogP contribution in [0.15, 0.2) is 52.2 Å². The average Bonchev–Trinajstić information content (AvgIpc) is 3.27. The van der Waals surface area contributed by atoms with Crippen molar-refractivity contribution >= 4 is 27.9 Å². The molecule has 3 aromatic heterocycles. The summed E-state index contributed by atoms with van der Waals surface area (Å²) < 4.78 is 3.07. The third-order valence-electron chi connectivity index (χ3n) is 5.85. The molecule has 0 saturated carbocycles. The highest BCUT2D eigenvalue weighted by Gasteiger charge is 2.33. The van der Waals surface area contributed by atoms with E-state index in [-0.39, 0.29) is 30.3 Å². The van der Waals surface area contributed by atoms with Gasteiger partial charge in [0.15, 0.2) is 5.65 Å². The fourth-order valence-electron chi connectivity index (χ4n) is 4.38. The monoisotopic (exact) mass is 418 g/mol. The first-order valence-electron chi connectivity index (χ1n) is 10.3. The fourth-order valence-corrected chi connectivity index (χ4v) is 4.38. The molecule has 0 radical (unpaired) electrons. The van der Waals surface area contributed by atoms with Gasteiger partial charge >= 0.3 is 0 Å². The van der Waals surface area contributed by atoms with Crippen LogP contribution in [0, 0.1) is 0 Å². The first kappa shape index (κ1) is 19.4. The minimum atomic E-state index is -0.247. The number of aliphatic hydroxyl groups excluding tert-OH is 1. The summed E-state index contributed by atoms with van der Waals surface area (Å²) in [6.45, 7) is 0.656. The van der Waals surface area contributed by atoms with E-state index < -0.39 is 0 Å². The Morgan fingerprint density at radius 2 is 1.87 bits per heavy atom. The van der Waals surface area contributed by atoms with Gasteiger partial charge in [-0.25, -0.2) is 9.97 Å². The van der Waals surface area contributed by atoms with Gasteiger partial charge in [0.25, 0.3) is 11.1 Å². The molecule has 9 nitrogen and oxygen atoms in total. The third-order valence-corrected chi connectivity index (χ3v) is 5.85. The van der Waals surface area contributed by atoms with Gasteiger partial charge in [0.1, 0.15) is 5.82 Å². The minimum absolute atomic E-state index is 0.155. The highest BCUT2D eigenvalue weighted by atomic mass is 16.3. The van der Waals surface area contributed by atoms with Gasteiger partial charge in [-0.3, -0.25) is 18.7 Å². The number of hydrogen-bond acceptors (Lipinski definition) is 7. The van der Waals surface area contributed by atoms with Crippen LogP contribution in [0.2, 0.25) is 0 Å². The Hall–Kier alpha value is -3.59. The van der Waals surface area contributed by atoms with E-state index in [4.69, 9.17) is 4.98 Å². The van der Waals surface area contributed by atoms with Crippen molar-refractivity contribution in [3.05, 3.63) is 69.1 Å². The number of rotatable bonds is 4. The lowest BCUT2D eigenvalue weighted by Crippen LogP contribution is -2.36. The topological polar surface area (TPSA) is 106 Å². The first-order chi connectivity index (χ1) is 15.1. The Morgan fingerprint density at radius 3 is 2.71 bits per heavy atom. The molecule has 5 rings (SSSR count). The van der Waals surface area contributed by atoms with E-state index >= 15 is 0 Å². The molecule has 0 spiro atoms. The SMILES string of the molecule is Cn1c(N2CCCC2c2nc3ccccc3c(=O)n2CCO)nc2ncccc2c1=O.